The van der Waals surface area contributed by atoms with Crippen molar-refractivity contribution in [2.24, 2.45) is 0 Å². The van der Waals surface area contributed by atoms with Gasteiger partial charge in [0.25, 0.3) is 5.91 Å². The minimum atomic E-state index is -0.223. The minimum absolute atomic E-state index is 0.223. The van der Waals surface area contributed by atoms with Gasteiger partial charge in [0.15, 0.2) is 11.6 Å². The van der Waals surface area contributed by atoms with Crippen LogP contribution in [0, 0.1) is 0 Å². The molecular formula is C17H21N5O2. The molecule has 24 heavy (non-hydrogen) atoms. The van der Waals surface area contributed by atoms with E-state index >= 15 is 0 Å². The molecule has 0 saturated carbocycles. The normalized spacial score (nSPS) is 15.2. The second kappa shape index (κ2) is 7.27. The summed E-state index contributed by atoms with van der Waals surface area (Å²) in [7, 11) is 3.70. The van der Waals surface area contributed by atoms with Gasteiger partial charge in [0.1, 0.15) is 5.75 Å². The predicted molar refractivity (Wildman–Crippen MR) is 92.7 cm³/mol. The lowest BCUT2D eigenvalue weighted by Gasteiger charge is -2.32. The lowest BCUT2D eigenvalue weighted by atomic mass is 10.2. The van der Waals surface area contributed by atoms with Crippen molar-refractivity contribution in [3.63, 3.8) is 0 Å². The van der Waals surface area contributed by atoms with Crippen molar-refractivity contribution in [3.05, 3.63) is 42.0 Å². The molecule has 0 spiro atoms. The van der Waals surface area contributed by atoms with E-state index in [1.807, 2.05) is 6.07 Å². The van der Waals surface area contributed by atoms with Crippen LogP contribution in [0.15, 0.2) is 36.4 Å². The number of methoxy groups -OCH3 is 1. The summed E-state index contributed by atoms with van der Waals surface area (Å²) in [4.78, 5) is 16.7. The van der Waals surface area contributed by atoms with E-state index in [1.165, 1.54) is 0 Å². The Hall–Kier alpha value is -2.67. The maximum absolute atomic E-state index is 12.2. The summed E-state index contributed by atoms with van der Waals surface area (Å²) in [6, 6.07) is 10.6. The Kier molecular flexibility index (Phi) is 4.90. The third-order valence-electron chi connectivity index (χ3n) is 4.07. The van der Waals surface area contributed by atoms with E-state index in [0.29, 0.717) is 17.1 Å². The molecule has 1 aliphatic rings. The van der Waals surface area contributed by atoms with Gasteiger partial charge in [-0.05, 0) is 43.4 Å². The molecule has 1 aliphatic heterocycles. The number of anilines is 2. The van der Waals surface area contributed by atoms with E-state index in [9.17, 15) is 4.79 Å². The molecule has 0 bridgehead atoms. The Morgan fingerprint density at radius 2 is 1.75 bits per heavy atom. The van der Waals surface area contributed by atoms with Crippen LogP contribution >= 0.6 is 0 Å². The number of hydrogen-bond donors (Lipinski definition) is 1. The molecule has 1 N–H and O–H groups in total. The van der Waals surface area contributed by atoms with Crippen LogP contribution in [0.3, 0.4) is 0 Å². The van der Waals surface area contributed by atoms with E-state index in [0.717, 1.165) is 32.0 Å². The first kappa shape index (κ1) is 16.2. The molecular weight excluding hydrogens is 306 g/mol. The molecule has 1 fully saturated rings. The van der Waals surface area contributed by atoms with Gasteiger partial charge in [0.2, 0.25) is 0 Å². The zero-order valence-corrected chi connectivity index (χ0v) is 13.9. The summed E-state index contributed by atoms with van der Waals surface area (Å²) in [5, 5.41) is 11.1. The molecule has 1 aromatic heterocycles. The predicted octanol–water partition coefficient (Wildman–Crippen LogP) is 1.49. The molecule has 0 atom stereocenters. The van der Waals surface area contributed by atoms with Gasteiger partial charge in [-0.1, -0.05) is 0 Å². The monoisotopic (exact) mass is 327 g/mol. The third kappa shape index (κ3) is 3.80. The molecule has 126 valence electrons. The first-order chi connectivity index (χ1) is 11.7. The van der Waals surface area contributed by atoms with Crippen LogP contribution in [0.4, 0.5) is 11.6 Å². The summed E-state index contributed by atoms with van der Waals surface area (Å²) in [5.41, 5.74) is 0.542. The molecule has 7 nitrogen and oxygen atoms in total. The van der Waals surface area contributed by atoms with Gasteiger partial charge in [-0.2, -0.15) is 0 Å². The van der Waals surface area contributed by atoms with Crippen molar-refractivity contribution >= 4 is 17.5 Å². The Labute approximate surface area is 141 Å². The van der Waals surface area contributed by atoms with Crippen LogP contribution in [0.5, 0.6) is 5.75 Å². The van der Waals surface area contributed by atoms with Crippen LogP contribution in [0.25, 0.3) is 0 Å². The number of likely N-dealkylation sites (N-methyl/N-ethyl adjacent to an activating group) is 1. The molecule has 2 heterocycles. The molecule has 7 heteroatoms. The molecule has 1 amide bonds. The highest BCUT2D eigenvalue weighted by Gasteiger charge is 2.16. The second-order valence-electron chi connectivity index (χ2n) is 5.75. The fraction of sp³-hybridized carbons (Fsp3) is 0.353. The highest BCUT2D eigenvalue weighted by molar-refractivity contribution is 6.03. The zero-order valence-electron chi connectivity index (χ0n) is 13.9. The first-order valence-corrected chi connectivity index (χ1v) is 7.88. The van der Waals surface area contributed by atoms with Gasteiger partial charge in [-0.3, -0.25) is 4.79 Å². The molecule has 0 radical (unpaired) electrons. The number of aromatic nitrogens is 2. The number of nitrogens with one attached hydrogen (secondary N) is 1. The van der Waals surface area contributed by atoms with E-state index in [1.54, 1.807) is 37.4 Å². The van der Waals surface area contributed by atoms with Crippen molar-refractivity contribution in [1.29, 1.82) is 0 Å². The number of amides is 1. The summed E-state index contributed by atoms with van der Waals surface area (Å²) < 4.78 is 5.08. The quantitative estimate of drug-likeness (QED) is 0.917. The Morgan fingerprint density at radius 1 is 1.04 bits per heavy atom. The number of hydrogen-bond acceptors (Lipinski definition) is 6. The average Bonchev–Trinajstić information content (AvgIpc) is 2.63. The van der Waals surface area contributed by atoms with Crippen LogP contribution in [0.2, 0.25) is 0 Å². The average molecular weight is 327 g/mol. The highest BCUT2D eigenvalue weighted by atomic mass is 16.5. The number of carbonyl (C=O) groups excluding carboxylic acids is 1. The van der Waals surface area contributed by atoms with Crippen molar-refractivity contribution in [3.8, 4) is 5.75 Å². The number of carbonyl (C=O) groups is 1. The number of benzene rings is 1. The van der Waals surface area contributed by atoms with E-state index in [4.69, 9.17) is 4.74 Å². The van der Waals surface area contributed by atoms with Gasteiger partial charge < -0.3 is 19.9 Å². The lowest BCUT2D eigenvalue weighted by molar-refractivity contribution is 0.102. The minimum Gasteiger partial charge on any atom is -0.497 e. The van der Waals surface area contributed by atoms with Gasteiger partial charge in [-0.25, -0.2) is 0 Å². The van der Waals surface area contributed by atoms with Crippen molar-refractivity contribution in [1.82, 2.24) is 15.1 Å². The van der Waals surface area contributed by atoms with E-state index < -0.39 is 0 Å². The van der Waals surface area contributed by atoms with Crippen molar-refractivity contribution in [2.75, 3.05) is 50.6 Å². The smallest absolute Gasteiger partial charge is 0.256 e. The Morgan fingerprint density at radius 3 is 2.33 bits per heavy atom. The molecule has 3 rings (SSSR count). The van der Waals surface area contributed by atoms with E-state index in [-0.39, 0.29) is 5.91 Å². The first-order valence-electron chi connectivity index (χ1n) is 7.88. The van der Waals surface area contributed by atoms with Crippen LogP contribution < -0.4 is 15.0 Å². The van der Waals surface area contributed by atoms with E-state index in [2.05, 4.69) is 32.4 Å². The maximum atomic E-state index is 12.2. The number of ether oxygens (including phenoxy) is 1. The standard InChI is InChI=1S/C17H21N5O2/c1-21-9-11-22(12-10-21)16-8-7-15(19-20-16)18-17(23)13-3-5-14(24-2)6-4-13/h3-8H,9-12H2,1-2H3,(H,18,19,23). The highest BCUT2D eigenvalue weighted by Crippen LogP contribution is 2.15. The largest absolute Gasteiger partial charge is 0.497 e. The summed E-state index contributed by atoms with van der Waals surface area (Å²) in [6.07, 6.45) is 0. The molecule has 1 aromatic carbocycles. The van der Waals surface area contributed by atoms with Gasteiger partial charge in [-0.15, -0.1) is 10.2 Å². The van der Waals surface area contributed by atoms with Gasteiger partial charge in [0, 0.05) is 31.7 Å². The SMILES string of the molecule is COc1ccc(C(=O)Nc2ccc(N3CCN(C)CC3)nn2)cc1. The molecule has 0 aliphatic carbocycles. The molecule has 2 aromatic rings. The van der Waals surface area contributed by atoms with Gasteiger partial charge >= 0.3 is 0 Å². The lowest BCUT2D eigenvalue weighted by Crippen LogP contribution is -2.44. The second-order valence-corrected chi connectivity index (χ2v) is 5.75. The fourth-order valence-electron chi connectivity index (χ4n) is 2.53. The summed E-state index contributed by atoms with van der Waals surface area (Å²) >= 11 is 0. The summed E-state index contributed by atoms with van der Waals surface area (Å²) in [6.45, 7) is 3.89. The zero-order chi connectivity index (χ0) is 16.9. The van der Waals surface area contributed by atoms with Crippen LogP contribution in [-0.2, 0) is 0 Å². The molecule has 1 saturated heterocycles. The third-order valence-corrected chi connectivity index (χ3v) is 4.07. The summed E-state index contributed by atoms with van der Waals surface area (Å²) in [5.74, 6) is 1.77. The Balaban J connectivity index is 1.62. The Bertz CT molecular complexity index is 679. The van der Waals surface area contributed by atoms with Crippen LogP contribution in [-0.4, -0.2) is 61.3 Å². The number of piperazine rings is 1. The number of nitrogens with zero attached hydrogens (tertiary/aromatic N) is 4. The number of rotatable bonds is 4. The molecule has 0 unspecified atom stereocenters. The van der Waals surface area contributed by atoms with Gasteiger partial charge in [0.05, 0.1) is 7.11 Å². The van der Waals surface area contributed by atoms with Crippen LogP contribution in [0.1, 0.15) is 10.4 Å². The topological polar surface area (TPSA) is 70.6 Å². The fourth-order valence-corrected chi connectivity index (χ4v) is 2.53. The maximum Gasteiger partial charge on any atom is 0.256 e. The van der Waals surface area contributed by atoms with Crippen molar-refractivity contribution in [2.45, 2.75) is 0 Å². The van der Waals surface area contributed by atoms with Crippen molar-refractivity contribution < 1.29 is 9.53 Å².